The lowest BCUT2D eigenvalue weighted by Crippen LogP contribution is -2.39. The van der Waals surface area contributed by atoms with Crippen LogP contribution in [0, 0.1) is 0 Å². The summed E-state index contributed by atoms with van der Waals surface area (Å²) >= 11 is 9.74. The van der Waals surface area contributed by atoms with Crippen LogP contribution in [0.25, 0.3) is 0 Å². The van der Waals surface area contributed by atoms with Crippen molar-refractivity contribution in [1.29, 1.82) is 0 Å². The van der Waals surface area contributed by atoms with E-state index >= 15 is 0 Å². The molecule has 1 fully saturated rings. The highest BCUT2D eigenvalue weighted by Crippen LogP contribution is 2.34. The molecule has 1 saturated carbocycles. The standard InChI is InChI=1S/C22H24BrClN2O4S/c1-14-10-15-11-16(23)6-8-20(15)26(14)22(27)13-30-21-9-7-18(12-19(21)24)31(28,29)25-17-4-2-3-5-17/h6-9,11-12,14,17,25H,2-5,10,13H2,1H3/t14-/m0/s1. The summed E-state index contributed by atoms with van der Waals surface area (Å²) in [7, 11) is -3.64. The summed E-state index contributed by atoms with van der Waals surface area (Å²) in [5, 5.41) is 0.154. The SMILES string of the molecule is C[C@H]1Cc2cc(Br)ccc2N1C(=O)COc1ccc(S(=O)(=O)NC2CCCC2)cc1Cl. The minimum Gasteiger partial charge on any atom is -0.482 e. The van der Waals surface area contributed by atoms with E-state index < -0.39 is 10.0 Å². The summed E-state index contributed by atoms with van der Waals surface area (Å²) < 4.78 is 34.6. The topological polar surface area (TPSA) is 75.7 Å². The van der Waals surface area contributed by atoms with Gasteiger partial charge in [-0.1, -0.05) is 40.4 Å². The first-order valence-corrected chi connectivity index (χ1v) is 12.9. The fraction of sp³-hybridized carbons (Fsp3) is 0.409. The Kier molecular flexibility index (Phi) is 6.62. The van der Waals surface area contributed by atoms with Crippen molar-refractivity contribution in [3.8, 4) is 5.75 Å². The Bertz CT molecular complexity index is 1100. The molecule has 1 aliphatic heterocycles. The average Bonchev–Trinajstić information content (AvgIpc) is 3.32. The number of hydrogen-bond acceptors (Lipinski definition) is 4. The molecular weight excluding hydrogens is 504 g/mol. The van der Waals surface area contributed by atoms with E-state index in [1.54, 1.807) is 4.90 Å². The van der Waals surface area contributed by atoms with E-state index in [0.29, 0.717) is 0 Å². The first-order chi connectivity index (χ1) is 14.7. The number of sulfonamides is 1. The number of nitrogens with zero attached hydrogens (tertiary/aromatic N) is 1. The van der Waals surface area contributed by atoms with Gasteiger partial charge < -0.3 is 9.64 Å². The van der Waals surface area contributed by atoms with Crippen LogP contribution >= 0.6 is 27.5 Å². The fourth-order valence-corrected chi connectivity index (χ4v) is 6.32. The van der Waals surface area contributed by atoms with Crippen molar-refractivity contribution in [3.05, 3.63) is 51.5 Å². The maximum absolute atomic E-state index is 12.8. The summed E-state index contributed by atoms with van der Waals surface area (Å²) in [6, 6.07) is 10.2. The van der Waals surface area contributed by atoms with E-state index in [9.17, 15) is 13.2 Å². The van der Waals surface area contributed by atoms with Gasteiger partial charge in [-0.25, -0.2) is 13.1 Å². The molecule has 2 aromatic rings. The molecule has 0 unspecified atom stereocenters. The maximum atomic E-state index is 12.8. The predicted octanol–water partition coefficient (Wildman–Crippen LogP) is 4.68. The predicted molar refractivity (Wildman–Crippen MR) is 124 cm³/mol. The average molecular weight is 528 g/mol. The second kappa shape index (κ2) is 9.10. The molecule has 6 nitrogen and oxygen atoms in total. The minimum atomic E-state index is -3.64. The summed E-state index contributed by atoms with van der Waals surface area (Å²) in [6.45, 7) is 1.81. The van der Waals surface area contributed by atoms with Crippen LogP contribution < -0.4 is 14.4 Å². The summed E-state index contributed by atoms with van der Waals surface area (Å²) in [5.41, 5.74) is 1.99. The number of nitrogens with one attached hydrogen (secondary N) is 1. The van der Waals surface area contributed by atoms with Gasteiger partial charge in [0.15, 0.2) is 6.61 Å². The third kappa shape index (κ3) is 4.92. The van der Waals surface area contributed by atoms with E-state index in [1.807, 2.05) is 25.1 Å². The molecule has 9 heteroatoms. The fourth-order valence-electron chi connectivity index (χ4n) is 4.29. The van der Waals surface area contributed by atoms with Crippen molar-refractivity contribution < 1.29 is 17.9 Å². The van der Waals surface area contributed by atoms with Crippen LogP contribution in [0.4, 0.5) is 5.69 Å². The molecule has 1 atom stereocenters. The van der Waals surface area contributed by atoms with Crippen LogP contribution in [-0.4, -0.2) is 33.0 Å². The van der Waals surface area contributed by atoms with Gasteiger partial charge in [-0.2, -0.15) is 0 Å². The number of anilines is 1. The second-order valence-corrected chi connectivity index (χ2v) is 11.1. The zero-order valence-corrected chi connectivity index (χ0v) is 20.3. The van der Waals surface area contributed by atoms with Gasteiger partial charge >= 0.3 is 0 Å². The molecule has 0 aromatic heterocycles. The minimum absolute atomic E-state index is 0.0247. The van der Waals surface area contributed by atoms with Crippen molar-refractivity contribution in [3.63, 3.8) is 0 Å². The molecule has 0 spiro atoms. The summed E-state index contributed by atoms with van der Waals surface area (Å²) in [5.74, 6) is 0.0990. The highest BCUT2D eigenvalue weighted by Gasteiger charge is 2.31. The third-order valence-electron chi connectivity index (χ3n) is 5.77. The molecular formula is C22H24BrClN2O4S. The van der Waals surface area contributed by atoms with Crippen molar-refractivity contribution >= 4 is 49.1 Å². The van der Waals surface area contributed by atoms with Crippen molar-refractivity contribution in [2.45, 2.75) is 56.0 Å². The Morgan fingerprint density at radius 3 is 2.68 bits per heavy atom. The Hall–Kier alpha value is -1.61. The number of amides is 1. The van der Waals surface area contributed by atoms with Crippen LogP contribution in [-0.2, 0) is 21.2 Å². The highest BCUT2D eigenvalue weighted by molar-refractivity contribution is 9.10. The van der Waals surface area contributed by atoms with Gasteiger partial charge in [0.2, 0.25) is 10.0 Å². The van der Waals surface area contributed by atoms with Crippen LogP contribution in [0.5, 0.6) is 5.75 Å². The van der Waals surface area contributed by atoms with Gasteiger partial charge in [0, 0.05) is 22.2 Å². The van der Waals surface area contributed by atoms with Crippen molar-refractivity contribution in [2.24, 2.45) is 0 Å². The zero-order chi connectivity index (χ0) is 22.2. The van der Waals surface area contributed by atoms with Gasteiger partial charge in [0.1, 0.15) is 5.75 Å². The van der Waals surface area contributed by atoms with Crippen molar-refractivity contribution in [1.82, 2.24) is 4.72 Å². The van der Waals surface area contributed by atoms with E-state index in [2.05, 4.69) is 20.7 Å². The normalized spacial score (nSPS) is 18.9. The van der Waals surface area contributed by atoms with Gasteiger partial charge in [-0.05, 0) is 68.1 Å². The summed E-state index contributed by atoms with van der Waals surface area (Å²) in [6.07, 6.45) is 4.55. The second-order valence-electron chi connectivity index (χ2n) is 8.07. The lowest BCUT2D eigenvalue weighted by molar-refractivity contribution is -0.120. The number of hydrogen-bond donors (Lipinski definition) is 1. The number of benzene rings is 2. The van der Waals surface area contributed by atoms with Crippen molar-refractivity contribution in [2.75, 3.05) is 11.5 Å². The monoisotopic (exact) mass is 526 g/mol. The Balaban J connectivity index is 1.43. The number of fused-ring (bicyclic) bond motifs is 1. The van der Waals surface area contributed by atoms with Crippen LogP contribution in [0.2, 0.25) is 5.02 Å². The van der Waals surface area contributed by atoms with E-state index in [0.717, 1.165) is 47.8 Å². The molecule has 4 rings (SSSR count). The van der Waals surface area contributed by atoms with Gasteiger partial charge in [-0.3, -0.25) is 4.79 Å². The lowest BCUT2D eigenvalue weighted by Gasteiger charge is -2.23. The maximum Gasteiger partial charge on any atom is 0.265 e. The zero-order valence-electron chi connectivity index (χ0n) is 17.1. The quantitative estimate of drug-likeness (QED) is 0.592. The molecule has 166 valence electrons. The number of halogens is 2. The number of carbonyl (C=O) groups excluding carboxylic acids is 1. The number of ether oxygens (including phenoxy) is 1. The molecule has 2 aromatic carbocycles. The molecule has 0 radical (unpaired) electrons. The van der Waals surface area contributed by atoms with Crippen LogP contribution in [0.15, 0.2) is 45.8 Å². The number of carbonyl (C=O) groups is 1. The summed E-state index contributed by atoms with van der Waals surface area (Å²) in [4.78, 5) is 14.7. The number of rotatable bonds is 6. The van der Waals surface area contributed by atoms with Crippen LogP contribution in [0.3, 0.4) is 0 Å². The Morgan fingerprint density at radius 1 is 1.23 bits per heavy atom. The molecule has 1 heterocycles. The first-order valence-electron chi connectivity index (χ1n) is 10.3. The van der Waals surface area contributed by atoms with Gasteiger partial charge in [-0.15, -0.1) is 0 Å². The third-order valence-corrected chi connectivity index (χ3v) is 8.07. The Morgan fingerprint density at radius 2 is 1.97 bits per heavy atom. The van der Waals surface area contributed by atoms with Gasteiger partial charge in [0.05, 0.1) is 9.92 Å². The highest BCUT2D eigenvalue weighted by atomic mass is 79.9. The molecule has 1 aliphatic carbocycles. The van der Waals surface area contributed by atoms with E-state index in [4.69, 9.17) is 16.3 Å². The smallest absolute Gasteiger partial charge is 0.265 e. The molecule has 31 heavy (non-hydrogen) atoms. The Labute approximate surface area is 196 Å². The molecule has 1 N–H and O–H groups in total. The molecule has 0 bridgehead atoms. The van der Waals surface area contributed by atoms with Gasteiger partial charge in [0.25, 0.3) is 5.91 Å². The molecule has 2 aliphatic rings. The molecule has 1 amide bonds. The van der Waals surface area contributed by atoms with Crippen LogP contribution in [0.1, 0.15) is 38.2 Å². The largest absolute Gasteiger partial charge is 0.482 e. The van der Waals surface area contributed by atoms with E-state index in [-0.39, 0.29) is 40.3 Å². The molecule has 0 saturated heterocycles. The van der Waals surface area contributed by atoms with E-state index in [1.165, 1.54) is 18.2 Å². The first kappa shape index (κ1) is 22.6. The lowest BCUT2D eigenvalue weighted by atomic mass is 10.1.